The highest BCUT2D eigenvalue weighted by Gasteiger charge is 2.40. The number of nitrogens with zero attached hydrogens (tertiary/aromatic N) is 4. The molecule has 0 amide bonds. The van der Waals surface area contributed by atoms with Gasteiger partial charge in [0.05, 0.1) is 0 Å². The zero-order valence-corrected chi connectivity index (χ0v) is 11.6. The monoisotopic (exact) mass is 275 g/mol. The van der Waals surface area contributed by atoms with Crippen LogP contribution in [-0.2, 0) is 10.3 Å². The molecule has 1 aliphatic carbocycles. The predicted molar refractivity (Wildman–Crippen MR) is 71.6 cm³/mol. The van der Waals surface area contributed by atoms with Crippen LogP contribution < -0.4 is 5.73 Å². The third kappa shape index (κ3) is 2.03. The second-order valence-corrected chi connectivity index (χ2v) is 5.04. The number of methoxy groups -OCH3 is 1. The Morgan fingerprint density at radius 3 is 2.70 bits per heavy atom. The van der Waals surface area contributed by atoms with E-state index in [0.717, 1.165) is 25.7 Å². The Morgan fingerprint density at radius 2 is 2.05 bits per heavy atom. The van der Waals surface area contributed by atoms with E-state index in [-0.39, 0.29) is 0 Å². The Hall–Kier alpha value is -2.02. The molecule has 0 aromatic carbocycles. The number of nitrogen functional groups attached to an aromatic ring is 1. The van der Waals surface area contributed by atoms with Gasteiger partial charge in [-0.25, -0.2) is 9.97 Å². The topological polar surface area (TPSA) is 100.0 Å². The lowest BCUT2D eigenvalue weighted by Crippen LogP contribution is -2.25. The number of anilines is 1. The summed E-state index contributed by atoms with van der Waals surface area (Å²) in [5, 5.41) is 4.06. The first-order chi connectivity index (χ1) is 9.64. The van der Waals surface area contributed by atoms with Crippen LogP contribution in [0.2, 0.25) is 0 Å². The Bertz CT molecular complexity index is 619. The van der Waals surface area contributed by atoms with Gasteiger partial charge in [-0.05, 0) is 32.6 Å². The van der Waals surface area contributed by atoms with Crippen molar-refractivity contribution in [3.8, 4) is 11.5 Å². The standard InChI is InChI=1S/C13H17N5O2/c1-8-15-7-9(10(14)16-8)11-17-12(18-20-11)13(19-2)5-3-4-6-13/h7H,3-6H2,1-2H3,(H2,14,15,16). The van der Waals surface area contributed by atoms with Gasteiger partial charge in [0.15, 0.2) is 0 Å². The Labute approximate surface area is 116 Å². The van der Waals surface area contributed by atoms with E-state index in [0.29, 0.717) is 28.9 Å². The molecule has 1 fully saturated rings. The molecule has 106 valence electrons. The molecule has 7 nitrogen and oxygen atoms in total. The van der Waals surface area contributed by atoms with E-state index >= 15 is 0 Å². The lowest BCUT2D eigenvalue weighted by atomic mass is 10.0. The van der Waals surface area contributed by atoms with Crippen molar-refractivity contribution in [2.75, 3.05) is 12.8 Å². The summed E-state index contributed by atoms with van der Waals surface area (Å²) in [4.78, 5) is 12.6. The van der Waals surface area contributed by atoms with Crippen molar-refractivity contribution < 1.29 is 9.26 Å². The Kier molecular flexibility index (Phi) is 3.13. The molecule has 2 N–H and O–H groups in total. The highest BCUT2D eigenvalue weighted by Crippen LogP contribution is 2.40. The molecule has 3 rings (SSSR count). The number of ether oxygens (including phenoxy) is 1. The number of aromatic nitrogens is 4. The van der Waals surface area contributed by atoms with E-state index in [1.807, 2.05) is 0 Å². The normalized spacial score (nSPS) is 17.5. The third-order valence-corrected chi connectivity index (χ3v) is 3.80. The maximum Gasteiger partial charge on any atom is 0.263 e. The van der Waals surface area contributed by atoms with E-state index in [9.17, 15) is 0 Å². The first kappa shape index (κ1) is 13.0. The lowest BCUT2D eigenvalue weighted by Gasteiger charge is -2.22. The van der Waals surface area contributed by atoms with Crippen molar-refractivity contribution in [1.82, 2.24) is 20.1 Å². The number of hydrogen-bond donors (Lipinski definition) is 1. The van der Waals surface area contributed by atoms with Crippen molar-refractivity contribution >= 4 is 5.82 Å². The minimum Gasteiger partial charge on any atom is -0.383 e. The zero-order chi connectivity index (χ0) is 14.2. The van der Waals surface area contributed by atoms with E-state index in [1.54, 1.807) is 20.2 Å². The fraction of sp³-hybridized carbons (Fsp3) is 0.538. The van der Waals surface area contributed by atoms with Crippen LogP contribution in [0, 0.1) is 6.92 Å². The highest BCUT2D eigenvalue weighted by atomic mass is 16.5. The average Bonchev–Trinajstić information content (AvgIpc) is 3.08. The minimum absolute atomic E-state index is 0.334. The molecule has 0 aliphatic heterocycles. The maximum atomic E-state index is 5.87. The van der Waals surface area contributed by atoms with Gasteiger partial charge in [-0.1, -0.05) is 5.16 Å². The largest absolute Gasteiger partial charge is 0.383 e. The smallest absolute Gasteiger partial charge is 0.263 e. The molecule has 0 saturated heterocycles. The van der Waals surface area contributed by atoms with Gasteiger partial charge in [0.1, 0.15) is 22.8 Å². The van der Waals surface area contributed by atoms with Gasteiger partial charge in [0.2, 0.25) is 5.82 Å². The number of hydrogen-bond acceptors (Lipinski definition) is 7. The van der Waals surface area contributed by atoms with Gasteiger partial charge in [0, 0.05) is 13.3 Å². The van der Waals surface area contributed by atoms with Gasteiger partial charge < -0.3 is 15.0 Å². The van der Waals surface area contributed by atoms with Gasteiger partial charge in [0.25, 0.3) is 5.89 Å². The fourth-order valence-electron chi connectivity index (χ4n) is 2.64. The quantitative estimate of drug-likeness (QED) is 0.911. The second kappa shape index (κ2) is 4.82. The summed E-state index contributed by atoms with van der Waals surface area (Å²) < 4.78 is 10.9. The van der Waals surface area contributed by atoms with Gasteiger partial charge >= 0.3 is 0 Å². The second-order valence-electron chi connectivity index (χ2n) is 5.04. The third-order valence-electron chi connectivity index (χ3n) is 3.80. The SMILES string of the molecule is COC1(c2noc(-c3cnc(C)nc3N)n2)CCCC1. The van der Waals surface area contributed by atoms with Crippen LogP contribution in [0.15, 0.2) is 10.7 Å². The predicted octanol–water partition coefficient (Wildman–Crippen LogP) is 1.83. The minimum atomic E-state index is -0.429. The van der Waals surface area contributed by atoms with Crippen LogP contribution in [-0.4, -0.2) is 27.2 Å². The summed E-state index contributed by atoms with van der Waals surface area (Å²) in [7, 11) is 1.69. The van der Waals surface area contributed by atoms with Gasteiger partial charge in [-0.3, -0.25) is 0 Å². The van der Waals surface area contributed by atoms with Crippen molar-refractivity contribution in [2.24, 2.45) is 0 Å². The van der Waals surface area contributed by atoms with Crippen molar-refractivity contribution in [2.45, 2.75) is 38.2 Å². The summed E-state index contributed by atoms with van der Waals surface area (Å²) in [5.41, 5.74) is 6.00. The van der Waals surface area contributed by atoms with Crippen LogP contribution in [0.25, 0.3) is 11.5 Å². The first-order valence-electron chi connectivity index (χ1n) is 6.63. The molecule has 1 saturated carbocycles. The molecular formula is C13H17N5O2. The molecule has 2 aromatic heterocycles. The molecule has 0 radical (unpaired) electrons. The fourth-order valence-corrected chi connectivity index (χ4v) is 2.64. The lowest BCUT2D eigenvalue weighted by molar-refractivity contribution is -0.0178. The van der Waals surface area contributed by atoms with E-state index in [2.05, 4.69) is 20.1 Å². The molecule has 7 heteroatoms. The van der Waals surface area contributed by atoms with Crippen molar-refractivity contribution in [3.05, 3.63) is 17.8 Å². The van der Waals surface area contributed by atoms with Crippen molar-refractivity contribution in [1.29, 1.82) is 0 Å². The number of rotatable bonds is 3. The maximum absolute atomic E-state index is 5.87. The van der Waals surface area contributed by atoms with E-state index in [4.69, 9.17) is 15.0 Å². The first-order valence-corrected chi connectivity index (χ1v) is 6.63. The Balaban J connectivity index is 1.97. The van der Waals surface area contributed by atoms with Crippen LogP contribution in [0.5, 0.6) is 0 Å². The van der Waals surface area contributed by atoms with Crippen LogP contribution in [0.1, 0.15) is 37.3 Å². The highest BCUT2D eigenvalue weighted by molar-refractivity contribution is 5.65. The summed E-state index contributed by atoms with van der Waals surface area (Å²) >= 11 is 0. The van der Waals surface area contributed by atoms with Crippen LogP contribution in [0.4, 0.5) is 5.82 Å². The molecule has 20 heavy (non-hydrogen) atoms. The van der Waals surface area contributed by atoms with Crippen LogP contribution in [0.3, 0.4) is 0 Å². The summed E-state index contributed by atoms with van der Waals surface area (Å²) in [6.45, 7) is 1.78. The molecule has 1 aliphatic rings. The molecular weight excluding hydrogens is 258 g/mol. The Morgan fingerprint density at radius 1 is 1.30 bits per heavy atom. The van der Waals surface area contributed by atoms with E-state index < -0.39 is 5.60 Å². The van der Waals surface area contributed by atoms with Crippen LogP contribution >= 0.6 is 0 Å². The van der Waals surface area contributed by atoms with Gasteiger partial charge in [-0.15, -0.1) is 0 Å². The number of aryl methyl sites for hydroxylation is 1. The molecule has 2 aromatic rings. The van der Waals surface area contributed by atoms with Gasteiger partial charge in [-0.2, -0.15) is 4.98 Å². The molecule has 0 spiro atoms. The summed E-state index contributed by atoms with van der Waals surface area (Å²) in [5.74, 6) is 1.86. The molecule has 2 heterocycles. The summed E-state index contributed by atoms with van der Waals surface area (Å²) in [6, 6.07) is 0. The molecule has 0 atom stereocenters. The summed E-state index contributed by atoms with van der Waals surface area (Å²) in [6.07, 6.45) is 5.62. The number of nitrogens with two attached hydrogens (primary N) is 1. The average molecular weight is 275 g/mol. The van der Waals surface area contributed by atoms with E-state index in [1.165, 1.54) is 0 Å². The van der Waals surface area contributed by atoms with Crippen molar-refractivity contribution in [3.63, 3.8) is 0 Å². The molecule has 0 unspecified atom stereocenters. The molecule has 0 bridgehead atoms. The zero-order valence-electron chi connectivity index (χ0n) is 11.6.